The first kappa shape index (κ1) is 115. The first-order chi connectivity index (χ1) is 68.2. The van der Waals surface area contributed by atoms with Crippen molar-refractivity contribution >= 4 is 278 Å². The molecule has 0 amide bonds. The molecule has 142 heavy (non-hydrogen) atoms. The zero-order valence-electron chi connectivity index (χ0n) is 73.1. The van der Waals surface area contributed by atoms with E-state index >= 15 is 0 Å². The molecule has 18 aromatic rings. The van der Waals surface area contributed by atoms with E-state index in [4.69, 9.17) is 65.6 Å². The lowest BCUT2D eigenvalue weighted by Crippen LogP contribution is -2.38. The zero-order chi connectivity index (χ0) is 102. The largest absolute Gasteiger partial charge is 0.488 e. The monoisotopic (exact) mass is 2140 g/mol. The number of halogens is 5. The second kappa shape index (κ2) is 61.6. The van der Waals surface area contributed by atoms with Gasteiger partial charge in [0.2, 0.25) is 0 Å². The van der Waals surface area contributed by atoms with Crippen molar-refractivity contribution in [2.24, 2.45) is 0 Å². The minimum atomic E-state index is -1.48. The lowest BCUT2D eigenvalue weighted by atomic mass is 8.81. The predicted molar refractivity (Wildman–Crippen MR) is 697 cm³/mol. The summed E-state index contributed by atoms with van der Waals surface area (Å²) in [5.74, 6) is 0. The molecule has 34 heteroatoms. The average molecular weight is 2140 g/mol. The molecular formula is C108H109B25Br5N2O2-9. The first-order valence-corrected chi connectivity index (χ1v) is 46.1. The van der Waals surface area contributed by atoms with Crippen molar-refractivity contribution in [2.45, 2.75) is 0 Å². The van der Waals surface area contributed by atoms with Crippen molar-refractivity contribution in [2.75, 3.05) is 11.5 Å². The summed E-state index contributed by atoms with van der Waals surface area (Å²) in [6.07, 6.45) is 5.01. The number of anilines is 2. The van der Waals surface area contributed by atoms with E-state index in [1.807, 2.05) is 158 Å². The molecule has 682 valence electrons. The Morgan fingerprint density at radius 1 is 0.169 bits per heavy atom. The highest BCUT2D eigenvalue weighted by molar-refractivity contribution is 9.11. The standard InChI is InChI=1S/2C24H19N.C18H15BO2.2C18H13Br.C6H3Br3.2B6H9.B6H6.B6H3/c2*25-24-13-11-20(12-14-24)23-16-21(18-7-3-1-4-8-18)15-22(17-23)19-9-5-2-6-10-19;20-19(21)18-12-16(14-7-3-1-4-8-14)11-17(13-18)15-9-5-2-6-10-15;19-18-12-16(14-7-3-1-4-8-14)11-17(13-18)15-9-5-2-6-10-15;19-18-12-10-17(11-13-18)16-8-6-15(7-9-16)14-4-2-1-3-5-14;7-4-1-5(8)3-6(9)2-4;4*1-5(2)6(3)4/h2*1-17H,25H2;1-13,20-21H;2*1-13H;1-3H;2*1-3H3;1-2H3;1H3/q;;;;;;2*-3;-2;-1. The summed E-state index contributed by atoms with van der Waals surface area (Å²) in [5.41, 5.74) is 42.2. The molecule has 14 radical (unpaired) electrons. The van der Waals surface area contributed by atoms with E-state index in [-0.39, 0.29) is 26.9 Å². The van der Waals surface area contributed by atoms with Crippen LogP contribution in [-0.2, 0) is 0 Å². The van der Waals surface area contributed by atoms with Gasteiger partial charge in [0, 0.05) is 33.7 Å². The lowest BCUT2D eigenvalue weighted by Gasteiger charge is -2.19. The van der Waals surface area contributed by atoms with Gasteiger partial charge in [-0.25, -0.2) is 0 Å². The molecule has 0 aromatic heterocycles. The van der Waals surface area contributed by atoms with Gasteiger partial charge in [0.25, 0.3) is 0 Å². The molecule has 0 aliphatic carbocycles. The minimum absolute atomic E-state index is 0.0741. The van der Waals surface area contributed by atoms with Crippen LogP contribution in [0.1, 0.15) is 0 Å². The second-order valence-corrected chi connectivity index (χ2v) is 34.1. The maximum atomic E-state index is 9.52. The molecule has 0 unspecified atom stereocenters. The van der Waals surface area contributed by atoms with Gasteiger partial charge in [-0.1, -0.05) is 455 Å². The molecule has 18 aromatic carbocycles. The van der Waals surface area contributed by atoms with Crippen LogP contribution in [0.25, 0.3) is 134 Å². The van der Waals surface area contributed by atoms with E-state index in [1.54, 1.807) is 0 Å². The van der Waals surface area contributed by atoms with E-state index < -0.39 is 7.12 Å². The fraction of sp³-hybridized carbons (Fsp3) is 0. The molecule has 4 nitrogen and oxygen atoms in total. The van der Waals surface area contributed by atoms with Gasteiger partial charge >= 0.3 is 7.12 Å². The lowest BCUT2D eigenvalue weighted by molar-refractivity contribution is 0.426. The van der Waals surface area contributed by atoms with Crippen molar-refractivity contribution in [3.05, 3.63) is 483 Å². The van der Waals surface area contributed by atoms with Gasteiger partial charge in [-0.2, -0.15) is 12.8 Å². The molecule has 0 atom stereocenters. The fourth-order valence-corrected chi connectivity index (χ4v) is 16.5. The summed E-state index contributed by atoms with van der Waals surface area (Å²) in [7, 11) is 41.2. The molecular weight excluding hydrogens is 2030 g/mol. The third-order valence-corrected chi connectivity index (χ3v) is 21.9. The molecule has 0 aliphatic heterocycles. The quantitative estimate of drug-likeness (QED) is 0.0540. The zero-order valence-corrected chi connectivity index (χ0v) is 81.0. The molecule has 0 bridgehead atoms. The van der Waals surface area contributed by atoms with Crippen LogP contribution in [0.15, 0.2) is 483 Å². The molecule has 0 saturated heterocycles. The molecule has 0 saturated carbocycles. The SMILES string of the molecule is Brc1cc(-c2ccccc2)cc(-c2ccccc2)c1.Brc1cc(Br)cc(Br)c1.Brc1ccc(-c2ccc(-c3ccccc3)cc2)cc1.Nc1ccc(-c2cc(-c3ccccc3)cc(-c3ccccc3)c2)cc1.Nc1ccc(-c2cc(-c3ccccc3)cc(-c3ccccc3)c2)cc1.OB(O)c1cc(-c2ccccc2)cc(-c2ccccc2)c1.[B]B([BH3-])B([BH3-])[BH3-].[B]B([BH3-])B([BH3-])[BH3-].[B]B([B])B([BH3-])[BH3-].[B]B([B])B([B])[BH3-]. The Bertz CT molecular complexity index is 6180. The minimum Gasteiger partial charge on any atom is -0.423 e. The highest BCUT2D eigenvalue weighted by Gasteiger charge is 2.16. The van der Waals surface area contributed by atoms with E-state index in [1.165, 1.54) is 124 Å². The van der Waals surface area contributed by atoms with Gasteiger partial charge in [-0.15, -0.1) is 52.8 Å². The van der Waals surface area contributed by atoms with Crippen LogP contribution in [0.2, 0.25) is 0 Å². The van der Waals surface area contributed by atoms with Gasteiger partial charge in [-0.05, 0) is 315 Å². The maximum Gasteiger partial charge on any atom is 0.488 e. The van der Waals surface area contributed by atoms with Crippen molar-refractivity contribution in [3.8, 4) is 134 Å². The van der Waals surface area contributed by atoms with Crippen LogP contribution in [-0.4, -0.2) is 192 Å². The Balaban J connectivity index is 0.000000184. The van der Waals surface area contributed by atoms with Gasteiger partial charge in [0.1, 0.15) is 0 Å². The summed E-state index contributed by atoms with van der Waals surface area (Å²) in [4.78, 5) is 0. The van der Waals surface area contributed by atoms with Crippen LogP contribution in [0.4, 0.5) is 11.4 Å². The van der Waals surface area contributed by atoms with Crippen LogP contribution in [0, 0.1) is 0 Å². The molecule has 0 spiro atoms. The Hall–Kier alpha value is -10.5. The maximum absolute atomic E-state index is 9.52. The molecule has 0 heterocycles. The number of nitrogens with two attached hydrogens (primary N) is 2. The second-order valence-electron chi connectivity index (χ2n) is 29.5. The Morgan fingerprint density at radius 3 is 0.479 bits per heavy atom. The Labute approximate surface area is 908 Å². The molecule has 0 aliphatic rings. The summed E-state index contributed by atoms with van der Waals surface area (Å²) in [5, 5.41) is 19.0. The highest BCUT2D eigenvalue weighted by atomic mass is 79.9. The Kier molecular flexibility index (Phi) is 49.9. The average Bonchev–Trinajstić information content (AvgIpc) is 0.804. The third kappa shape index (κ3) is 40.6. The van der Waals surface area contributed by atoms with Crippen molar-refractivity contribution in [1.82, 2.24) is 0 Å². The molecule has 18 rings (SSSR count). The van der Waals surface area contributed by atoms with E-state index in [2.05, 4.69) is 383 Å². The van der Waals surface area contributed by atoms with Crippen LogP contribution in [0.3, 0.4) is 0 Å². The van der Waals surface area contributed by atoms with E-state index in [0.29, 0.717) is 67.4 Å². The van der Waals surface area contributed by atoms with Crippen molar-refractivity contribution in [3.63, 3.8) is 0 Å². The van der Waals surface area contributed by atoms with Crippen LogP contribution in [0.5, 0.6) is 0 Å². The third-order valence-electron chi connectivity index (χ3n) is 19.6. The van der Waals surface area contributed by atoms with Crippen LogP contribution >= 0.6 is 79.6 Å². The smallest absolute Gasteiger partial charge is 0.423 e. The number of hydrogen-bond acceptors (Lipinski definition) is 4. The van der Waals surface area contributed by atoms with Gasteiger partial charge in [0.05, 0.1) is 0 Å². The van der Waals surface area contributed by atoms with Crippen molar-refractivity contribution in [1.29, 1.82) is 0 Å². The summed E-state index contributed by atoms with van der Waals surface area (Å²) in [6.45, 7) is 0. The normalized spacial score (nSPS) is 9.94. The number of rotatable bonds is 17. The summed E-state index contributed by atoms with van der Waals surface area (Å²) in [6, 6.07) is 158. The predicted octanol–water partition coefficient (Wildman–Crippen LogP) is 14.4. The van der Waals surface area contributed by atoms with Gasteiger partial charge in [-0.3, -0.25) is 19.2 Å². The number of benzene rings is 18. The van der Waals surface area contributed by atoms with Crippen molar-refractivity contribution < 1.29 is 10.0 Å². The van der Waals surface area contributed by atoms with Gasteiger partial charge in [0.15, 0.2) is 0 Å². The van der Waals surface area contributed by atoms with Crippen LogP contribution < -0.4 is 16.9 Å². The fourth-order valence-electron chi connectivity index (χ4n) is 13.4. The molecule has 0 fully saturated rings. The topological polar surface area (TPSA) is 92.5 Å². The summed E-state index contributed by atoms with van der Waals surface area (Å²) < 4.78 is 5.43. The number of hydrogen-bond donors (Lipinski definition) is 4. The Morgan fingerprint density at radius 2 is 0.310 bits per heavy atom. The highest BCUT2D eigenvalue weighted by Crippen LogP contribution is 2.38. The number of nitrogen functional groups attached to an aromatic ring is 2. The summed E-state index contributed by atoms with van der Waals surface area (Å²) >= 11 is 17.1. The van der Waals surface area contributed by atoms with E-state index in [0.717, 1.165) is 75.1 Å². The van der Waals surface area contributed by atoms with E-state index in [9.17, 15) is 10.0 Å². The van der Waals surface area contributed by atoms with Gasteiger partial charge < -0.3 is 21.5 Å². The molecule has 6 N–H and O–H groups in total. The first-order valence-electron chi connectivity index (χ1n) is 42.1.